The Hall–Kier alpha value is -1.02. The molecule has 0 radical (unpaired) electrons. The second kappa shape index (κ2) is 9.41. The first-order valence-corrected chi connectivity index (χ1v) is 12.7. The molecule has 1 saturated heterocycles. The molecule has 1 aliphatic heterocycles. The summed E-state index contributed by atoms with van der Waals surface area (Å²) in [5, 5.41) is 4.47. The highest BCUT2D eigenvalue weighted by atomic mass is 35.5. The molecule has 6 nitrogen and oxygen atoms in total. The minimum Gasteiger partial charge on any atom is -0.335 e. The summed E-state index contributed by atoms with van der Waals surface area (Å²) in [6, 6.07) is 5.86. The highest BCUT2D eigenvalue weighted by Crippen LogP contribution is 2.35. The summed E-state index contributed by atoms with van der Waals surface area (Å²) in [7, 11) is -1.35. The molecule has 29 heavy (non-hydrogen) atoms. The van der Waals surface area contributed by atoms with E-state index < -0.39 is 10.0 Å². The van der Waals surface area contributed by atoms with Crippen LogP contribution >= 0.6 is 23.2 Å². The normalized spacial score (nSPS) is 24.3. The molecule has 9 heteroatoms. The first kappa shape index (κ1) is 22.7. The Bertz CT molecular complexity index is 813. The second-order valence-corrected chi connectivity index (χ2v) is 11.1. The van der Waals surface area contributed by atoms with E-state index in [1.807, 2.05) is 12.1 Å². The average Bonchev–Trinajstić information content (AvgIpc) is 2.66. The third-order valence-electron chi connectivity index (χ3n) is 6.17. The molecule has 2 amide bonds. The lowest BCUT2D eigenvalue weighted by Crippen LogP contribution is -2.51. The van der Waals surface area contributed by atoms with Gasteiger partial charge in [-0.25, -0.2) is 17.5 Å². The summed E-state index contributed by atoms with van der Waals surface area (Å²) >= 11 is 12.3. The number of benzene rings is 1. The molecule has 162 valence electrons. The molecule has 0 unspecified atom stereocenters. The van der Waals surface area contributed by atoms with Crippen molar-refractivity contribution in [3.63, 3.8) is 0 Å². The van der Waals surface area contributed by atoms with Crippen LogP contribution in [0, 0.1) is 0 Å². The van der Waals surface area contributed by atoms with Gasteiger partial charge >= 0.3 is 6.03 Å². The number of rotatable bonds is 4. The Labute approximate surface area is 183 Å². The SMILES string of the molecule is CN(C(=O)NC1CCC(c2cc(Cl)cc(Cl)c2)CC1)C1CCN(S(C)(=O)=O)CC1. The Morgan fingerprint density at radius 2 is 1.59 bits per heavy atom. The van der Waals surface area contributed by atoms with Crippen LogP contribution in [0.3, 0.4) is 0 Å². The quantitative estimate of drug-likeness (QED) is 0.733. The number of nitrogens with one attached hydrogen (secondary N) is 1. The van der Waals surface area contributed by atoms with Crippen LogP contribution in [-0.4, -0.2) is 62.1 Å². The average molecular weight is 462 g/mol. The molecule has 1 N–H and O–H groups in total. The summed E-state index contributed by atoms with van der Waals surface area (Å²) < 4.78 is 24.8. The monoisotopic (exact) mass is 461 g/mol. The van der Waals surface area contributed by atoms with Crippen LogP contribution in [0.1, 0.15) is 50.0 Å². The molecule has 0 atom stereocenters. The van der Waals surface area contributed by atoms with E-state index in [9.17, 15) is 13.2 Å². The lowest BCUT2D eigenvalue weighted by molar-refractivity contribution is 0.157. The number of piperidine rings is 1. The highest BCUT2D eigenvalue weighted by Gasteiger charge is 2.30. The molecule has 1 aromatic carbocycles. The van der Waals surface area contributed by atoms with Gasteiger partial charge in [-0.05, 0) is 68.2 Å². The number of halogens is 2. The maximum Gasteiger partial charge on any atom is 0.317 e. The number of amides is 2. The molecule has 0 spiro atoms. The summed E-state index contributed by atoms with van der Waals surface area (Å²) in [6.07, 6.45) is 6.37. The van der Waals surface area contributed by atoms with Gasteiger partial charge in [-0.2, -0.15) is 0 Å². The van der Waals surface area contributed by atoms with E-state index in [4.69, 9.17) is 23.2 Å². The maximum absolute atomic E-state index is 12.7. The van der Waals surface area contributed by atoms with Gasteiger partial charge in [-0.1, -0.05) is 23.2 Å². The first-order valence-electron chi connectivity index (χ1n) is 10.1. The van der Waals surface area contributed by atoms with Gasteiger partial charge < -0.3 is 10.2 Å². The lowest BCUT2D eigenvalue weighted by Gasteiger charge is -2.37. The van der Waals surface area contributed by atoms with Crippen LogP contribution in [0.4, 0.5) is 4.79 Å². The molecule has 1 aromatic rings. The number of carbonyl (C=O) groups is 1. The molecule has 1 heterocycles. The fourth-order valence-electron chi connectivity index (χ4n) is 4.39. The molecule has 0 bridgehead atoms. The van der Waals surface area contributed by atoms with E-state index in [1.165, 1.54) is 16.1 Å². The Morgan fingerprint density at radius 3 is 2.10 bits per heavy atom. The zero-order valence-electron chi connectivity index (χ0n) is 16.9. The van der Waals surface area contributed by atoms with Crippen molar-refractivity contribution in [3.8, 4) is 0 Å². The van der Waals surface area contributed by atoms with Gasteiger partial charge in [0.2, 0.25) is 10.0 Å². The van der Waals surface area contributed by atoms with Crippen molar-refractivity contribution >= 4 is 39.3 Å². The summed E-state index contributed by atoms with van der Waals surface area (Å²) in [5.74, 6) is 0.414. The number of hydrogen-bond acceptors (Lipinski definition) is 3. The Kier molecular flexibility index (Phi) is 7.36. The van der Waals surface area contributed by atoms with Crippen LogP contribution in [-0.2, 0) is 10.0 Å². The zero-order chi connectivity index (χ0) is 21.2. The number of sulfonamides is 1. The lowest BCUT2D eigenvalue weighted by atomic mass is 9.82. The van der Waals surface area contributed by atoms with Crippen LogP contribution in [0.5, 0.6) is 0 Å². The van der Waals surface area contributed by atoms with E-state index in [1.54, 1.807) is 18.0 Å². The van der Waals surface area contributed by atoms with E-state index in [-0.39, 0.29) is 18.1 Å². The van der Waals surface area contributed by atoms with E-state index in [0.717, 1.165) is 25.7 Å². The Balaban J connectivity index is 1.47. The number of carbonyl (C=O) groups excluding carboxylic acids is 1. The highest BCUT2D eigenvalue weighted by molar-refractivity contribution is 7.88. The van der Waals surface area contributed by atoms with Crippen molar-refractivity contribution in [2.45, 2.75) is 56.5 Å². The third-order valence-corrected chi connectivity index (χ3v) is 7.91. The van der Waals surface area contributed by atoms with E-state index >= 15 is 0 Å². The fraction of sp³-hybridized carbons (Fsp3) is 0.650. The molecule has 1 saturated carbocycles. The van der Waals surface area contributed by atoms with Gasteiger partial charge in [-0.3, -0.25) is 0 Å². The van der Waals surface area contributed by atoms with Crippen molar-refractivity contribution in [3.05, 3.63) is 33.8 Å². The molecular formula is C20H29Cl2N3O3S. The molecule has 1 aliphatic carbocycles. The van der Waals surface area contributed by atoms with Gasteiger partial charge in [0.25, 0.3) is 0 Å². The number of nitrogens with zero attached hydrogens (tertiary/aromatic N) is 2. The van der Waals surface area contributed by atoms with Gasteiger partial charge in [-0.15, -0.1) is 0 Å². The number of hydrogen-bond donors (Lipinski definition) is 1. The van der Waals surface area contributed by atoms with Crippen LogP contribution in [0.2, 0.25) is 10.0 Å². The Morgan fingerprint density at radius 1 is 1.03 bits per heavy atom. The standard InChI is InChI=1S/C20H29Cl2N3O3S/c1-24(19-7-9-25(10-8-19)29(2,27)28)20(26)23-18-5-3-14(4-6-18)15-11-16(21)13-17(22)12-15/h11-14,18-19H,3-10H2,1-2H3,(H,23,26). The van der Waals surface area contributed by atoms with Gasteiger partial charge in [0.1, 0.15) is 0 Å². The first-order chi connectivity index (χ1) is 13.6. The molecule has 2 aliphatic rings. The van der Waals surface area contributed by atoms with Gasteiger partial charge in [0, 0.05) is 42.3 Å². The molecule has 0 aromatic heterocycles. The predicted octanol–water partition coefficient (Wildman–Crippen LogP) is 4.09. The van der Waals surface area contributed by atoms with Crippen molar-refractivity contribution in [2.75, 3.05) is 26.4 Å². The van der Waals surface area contributed by atoms with E-state index in [2.05, 4.69) is 5.32 Å². The summed E-state index contributed by atoms with van der Waals surface area (Å²) in [4.78, 5) is 14.4. The van der Waals surface area contributed by atoms with Crippen molar-refractivity contribution < 1.29 is 13.2 Å². The second-order valence-electron chi connectivity index (χ2n) is 8.20. The van der Waals surface area contributed by atoms with Crippen LogP contribution in [0.15, 0.2) is 18.2 Å². The van der Waals surface area contributed by atoms with Gasteiger partial charge in [0.15, 0.2) is 0 Å². The third kappa shape index (κ3) is 6.00. The minimum atomic E-state index is -3.15. The van der Waals surface area contributed by atoms with Gasteiger partial charge in [0.05, 0.1) is 6.26 Å². The predicted molar refractivity (Wildman–Crippen MR) is 117 cm³/mol. The van der Waals surface area contributed by atoms with Crippen molar-refractivity contribution in [1.82, 2.24) is 14.5 Å². The van der Waals surface area contributed by atoms with Crippen molar-refractivity contribution in [2.24, 2.45) is 0 Å². The molecular weight excluding hydrogens is 433 g/mol. The zero-order valence-corrected chi connectivity index (χ0v) is 19.2. The minimum absolute atomic E-state index is 0.0675. The topological polar surface area (TPSA) is 69.7 Å². The fourth-order valence-corrected chi connectivity index (χ4v) is 5.80. The molecule has 3 rings (SSSR count). The van der Waals surface area contributed by atoms with Crippen LogP contribution in [0.25, 0.3) is 0 Å². The van der Waals surface area contributed by atoms with Crippen LogP contribution < -0.4 is 5.32 Å². The molecule has 2 fully saturated rings. The van der Waals surface area contributed by atoms with Crippen molar-refractivity contribution in [1.29, 1.82) is 0 Å². The maximum atomic E-state index is 12.7. The summed E-state index contributed by atoms with van der Waals surface area (Å²) in [6.45, 7) is 0.933. The largest absolute Gasteiger partial charge is 0.335 e. The van der Waals surface area contributed by atoms with E-state index in [0.29, 0.717) is 41.9 Å². The smallest absolute Gasteiger partial charge is 0.317 e. The summed E-state index contributed by atoms with van der Waals surface area (Å²) in [5.41, 5.74) is 1.17. The number of urea groups is 1.